The zero-order valence-electron chi connectivity index (χ0n) is 19.6. The molecule has 2 N–H and O–H groups in total. The van der Waals surface area contributed by atoms with Crippen molar-refractivity contribution in [1.29, 1.82) is 0 Å². The maximum Gasteiger partial charge on any atom is 0.253 e. The van der Waals surface area contributed by atoms with E-state index in [1.165, 1.54) is 12.1 Å². The van der Waals surface area contributed by atoms with Gasteiger partial charge in [0, 0.05) is 49.7 Å². The van der Waals surface area contributed by atoms with Crippen LogP contribution in [0.5, 0.6) is 0 Å². The number of pyridine rings is 1. The van der Waals surface area contributed by atoms with Gasteiger partial charge in [0.1, 0.15) is 11.6 Å². The van der Waals surface area contributed by atoms with Crippen LogP contribution in [0, 0.1) is 12.7 Å². The highest BCUT2D eigenvalue weighted by Gasteiger charge is 2.24. The van der Waals surface area contributed by atoms with Crippen molar-refractivity contribution in [2.45, 2.75) is 44.7 Å². The maximum atomic E-state index is 13.3. The molecule has 1 aliphatic rings. The molecule has 7 nitrogen and oxygen atoms in total. The van der Waals surface area contributed by atoms with E-state index >= 15 is 0 Å². The van der Waals surface area contributed by atoms with Crippen molar-refractivity contribution in [1.82, 2.24) is 20.3 Å². The first kappa shape index (κ1) is 25.4. The van der Waals surface area contributed by atoms with Gasteiger partial charge in [-0.15, -0.1) is 12.4 Å². The van der Waals surface area contributed by atoms with E-state index in [0.717, 1.165) is 37.1 Å². The summed E-state index contributed by atoms with van der Waals surface area (Å²) in [7, 11) is 3.94. The smallest absolute Gasteiger partial charge is 0.253 e. The van der Waals surface area contributed by atoms with E-state index in [9.17, 15) is 9.18 Å². The Kier molecular flexibility index (Phi) is 8.39. The number of aryl methyl sites for hydroxylation is 1. The zero-order chi connectivity index (χ0) is 23.4. The van der Waals surface area contributed by atoms with E-state index in [0.29, 0.717) is 22.8 Å². The van der Waals surface area contributed by atoms with Gasteiger partial charge >= 0.3 is 0 Å². The fraction of sp³-hybridized carbons (Fsp3) is 0.360. The molecule has 0 radical (unpaired) electrons. The van der Waals surface area contributed by atoms with Crippen LogP contribution in [-0.2, 0) is 0 Å². The Bertz CT molecular complexity index is 1120. The van der Waals surface area contributed by atoms with Gasteiger partial charge in [0.2, 0.25) is 5.95 Å². The lowest BCUT2D eigenvalue weighted by molar-refractivity contribution is 0.0927. The predicted octanol–water partition coefficient (Wildman–Crippen LogP) is 4.63. The highest BCUT2D eigenvalue weighted by atomic mass is 35.5. The van der Waals surface area contributed by atoms with Gasteiger partial charge in [0.25, 0.3) is 5.91 Å². The van der Waals surface area contributed by atoms with Crippen LogP contribution in [0.4, 0.5) is 16.2 Å². The fourth-order valence-corrected chi connectivity index (χ4v) is 4.21. The minimum atomic E-state index is -0.319. The van der Waals surface area contributed by atoms with Gasteiger partial charge in [-0.05, 0) is 69.0 Å². The number of carbonyl (C=O) groups excluding carboxylic acids is 1. The topological polar surface area (TPSA) is 83.0 Å². The number of rotatable bonds is 6. The molecular weight excluding hydrogens is 455 g/mol. The number of halogens is 2. The van der Waals surface area contributed by atoms with E-state index in [1.54, 1.807) is 30.5 Å². The second kappa shape index (κ2) is 11.2. The van der Waals surface area contributed by atoms with Crippen molar-refractivity contribution in [2.75, 3.05) is 24.3 Å². The molecule has 0 saturated heterocycles. The van der Waals surface area contributed by atoms with Crippen LogP contribution in [-0.4, -0.2) is 47.0 Å². The second-order valence-electron chi connectivity index (χ2n) is 8.67. The lowest BCUT2D eigenvalue weighted by Crippen LogP contribution is -2.40. The average Bonchev–Trinajstić information content (AvgIpc) is 2.82. The molecule has 1 aromatic carbocycles. The van der Waals surface area contributed by atoms with Gasteiger partial charge < -0.3 is 15.5 Å². The molecule has 1 amide bonds. The summed E-state index contributed by atoms with van der Waals surface area (Å²) in [5.41, 5.74) is 2.80. The molecule has 9 heteroatoms. The predicted molar refractivity (Wildman–Crippen MR) is 135 cm³/mol. The first-order valence-corrected chi connectivity index (χ1v) is 11.2. The number of amides is 1. The van der Waals surface area contributed by atoms with Crippen molar-refractivity contribution >= 4 is 30.1 Å². The largest absolute Gasteiger partial charge is 0.362 e. The number of anilines is 2. The summed E-state index contributed by atoms with van der Waals surface area (Å²) < 4.78 is 13.3. The SMILES string of the molecule is Cc1cnc(NC2CCC(NC(=O)c3cccnc3-c3ccc(F)cc3)CC2)nc1N(C)C.Cl. The number of nitrogens with zero attached hydrogens (tertiary/aromatic N) is 4. The van der Waals surface area contributed by atoms with Gasteiger partial charge in [0.05, 0.1) is 11.3 Å². The van der Waals surface area contributed by atoms with Crippen LogP contribution < -0.4 is 15.5 Å². The van der Waals surface area contributed by atoms with E-state index in [4.69, 9.17) is 0 Å². The van der Waals surface area contributed by atoms with Gasteiger partial charge in [0.15, 0.2) is 0 Å². The molecule has 2 aromatic heterocycles. The Morgan fingerprint density at radius 3 is 2.38 bits per heavy atom. The molecule has 2 heterocycles. The Morgan fingerprint density at radius 1 is 1.03 bits per heavy atom. The Balaban J connectivity index is 0.00000324. The summed E-state index contributed by atoms with van der Waals surface area (Å²) in [5.74, 6) is 1.06. The molecule has 0 spiro atoms. The van der Waals surface area contributed by atoms with E-state index in [1.807, 2.05) is 32.1 Å². The quantitative estimate of drug-likeness (QED) is 0.531. The third-order valence-electron chi connectivity index (χ3n) is 5.93. The third kappa shape index (κ3) is 5.99. The number of benzene rings is 1. The first-order valence-electron chi connectivity index (χ1n) is 11.2. The number of hydrogen-bond acceptors (Lipinski definition) is 6. The number of nitrogens with one attached hydrogen (secondary N) is 2. The van der Waals surface area contributed by atoms with Gasteiger partial charge in [-0.1, -0.05) is 0 Å². The summed E-state index contributed by atoms with van der Waals surface area (Å²) in [6, 6.07) is 9.88. The summed E-state index contributed by atoms with van der Waals surface area (Å²) in [4.78, 5) is 28.4. The zero-order valence-corrected chi connectivity index (χ0v) is 20.4. The van der Waals surface area contributed by atoms with Crippen LogP contribution in [0.1, 0.15) is 41.6 Å². The van der Waals surface area contributed by atoms with Crippen molar-refractivity contribution in [2.24, 2.45) is 0 Å². The minimum Gasteiger partial charge on any atom is -0.362 e. The molecule has 34 heavy (non-hydrogen) atoms. The first-order chi connectivity index (χ1) is 15.9. The third-order valence-corrected chi connectivity index (χ3v) is 5.93. The lowest BCUT2D eigenvalue weighted by Gasteiger charge is -2.30. The Labute approximate surface area is 205 Å². The van der Waals surface area contributed by atoms with Crippen molar-refractivity contribution < 1.29 is 9.18 Å². The highest BCUT2D eigenvalue weighted by molar-refractivity contribution is 6.00. The Morgan fingerprint density at radius 2 is 1.71 bits per heavy atom. The van der Waals surface area contributed by atoms with Crippen LogP contribution in [0.3, 0.4) is 0 Å². The lowest BCUT2D eigenvalue weighted by atomic mass is 9.91. The van der Waals surface area contributed by atoms with Crippen molar-refractivity contribution in [3.8, 4) is 11.3 Å². The minimum absolute atomic E-state index is 0. The molecule has 1 aliphatic carbocycles. The maximum absolute atomic E-state index is 13.3. The van der Waals surface area contributed by atoms with Gasteiger partial charge in [-0.25, -0.2) is 9.37 Å². The molecule has 0 unspecified atom stereocenters. The number of aromatic nitrogens is 3. The summed E-state index contributed by atoms with van der Waals surface area (Å²) in [6.07, 6.45) is 7.03. The molecule has 0 aliphatic heterocycles. The highest BCUT2D eigenvalue weighted by Crippen LogP contribution is 2.25. The fourth-order valence-electron chi connectivity index (χ4n) is 4.21. The van der Waals surface area contributed by atoms with Gasteiger partial charge in [-0.3, -0.25) is 9.78 Å². The van der Waals surface area contributed by atoms with E-state index < -0.39 is 0 Å². The van der Waals surface area contributed by atoms with E-state index in [-0.39, 0.29) is 36.2 Å². The van der Waals surface area contributed by atoms with Crippen molar-refractivity contribution in [3.05, 3.63) is 65.7 Å². The monoisotopic (exact) mass is 484 g/mol. The van der Waals surface area contributed by atoms with Crippen LogP contribution in [0.2, 0.25) is 0 Å². The summed E-state index contributed by atoms with van der Waals surface area (Å²) in [5, 5.41) is 6.60. The van der Waals surface area contributed by atoms with Crippen LogP contribution in [0.25, 0.3) is 11.3 Å². The average molecular weight is 485 g/mol. The molecule has 180 valence electrons. The Hall–Kier alpha value is -3.26. The van der Waals surface area contributed by atoms with Crippen LogP contribution >= 0.6 is 12.4 Å². The second-order valence-corrected chi connectivity index (χ2v) is 8.67. The van der Waals surface area contributed by atoms with Gasteiger partial charge in [-0.2, -0.15) is 4.98 Å². The number of carbonyl (C=O) groups is 1. The molecule has 4 rings (SSSR count). The number of hydrogen-bond donors (Lipinski definition) is 2. The summed E-state index contributed by atoms with van der Waals surface area (Å²) >= 11 is 0. The molecule has 3 aromatic rings. The molecule has 1 saturated carbocycles. The standard InChI is InChI=1S/C25H29FN6O.ClH/c1-16-15-28-25(31-23(16)32(2)3)30-20-12-10-19(11-13-20)29-24(33)21-5-4-14-27-22(21)17-6-8-18(26)9-7-17;/h4-9,14-15,19-20H,10-13H2,1-3H3,(H,29,33)(H,28,30,31);1H. The molecule has 0 bridgehead atoms. The normalized spacial score (nSPS) is 17.4. The van der Waals surface area contributed by atoms with Crippen molar-refractivity contribution in [3.63, 3.8) is 0 Å². The van der Waals surface area contributed by atoms with E-state index in [2.05, 4.69) is 25.6 Å². The molecule has 0 atom stereocenters. The van der Waals surface area contributed by atoms with Crippen LogP contribution in [0.15, 0.2) is 48.8 Å². The molecular formula is C25H30ClFN6O. The summed E-state index contributed by atoms with van der Waals surface area (Å²) in [6.45, 7) is 2.00. The molecule has 1 fully saturated rings.